The van der Waals surface area contributed by atoms with Crippen LogP contribution in [0.5, 0.6) is 0 Å². The monoisotopic (exact) mass is 200 g/mol. The molecule has 0 radical (unpaired) electrons. The van der Waals surface area contributed by atoms with Crippen molar-refractivity contribution >= 4 is 6.29 Å². The Morgan fingerprint density at radius 3 is 2.73 bits per heavy atom. The second-order valence-corrected chi connectivity index (χ2v) is 4.81. The van der Waals surface area contributed by atoms with Gasteiger partial charge in [-0.25, -0.2) is 0 Å². The minimum Gasteiger partial charge on any atom is -0.298 e. The van der Waals surface area contributed by atoms with Crippen molar-refractivity contribution in [1.82, 2.24) is 0 Å². The average Bonchev–Trinajstić information content (AvgIpc) is 2.30. The molecule has 15 heavy (non-hydrogen) atoms. The Hall–Kier alpha value is -1.11. The molecule has 0 fully saturated rings. The van der Waals surface area contributed by atoms with Gasteiger partial charge in [-0.1, -0.05) is 12.1 Å². The summed E-state index contributed by atoms with van der Waals surface area (Å²) in [6, 6.07) is 4.20. The highest BCUT2D eigenvalue weighted by atomic mass is 16.1. The molecule has 0 saturated carbocycles. The molecule has 78 valence electrons. The highest BCUT2D eigenvalue weighted by Crippen LogP contribution is 2.41. The van der Waals surface area contributed by atoms with Gasteiger partial charge in [0.1, 0.15) is 6.29 Å². The second-order valence-electron chi connectivity index (χ2n) is 4.81. The van der Waals surface area contributed by atoms with Gasteiger partial charge in [0, 0.05) is 5.56 Å². The summed E-state index contributed by atoms with van der Waals surface area (Å²) in [4.78, 5) is 11.0. The van der Waals surface area contributed by atoms with E-state index in [2.05, 4.69) is 6.07 Å². The number of hydrogen-bond acceptors (Lipinski definition) is 1. The zero-order chi connectivity index (χ0) is 10.3. The zero-order valence-electron chi connectivity index (χ0n) is 8.96. The van der Waals surface area contributed by atoms with Crippen LogP contribution in [0, 0.1) is 0 Å². The first kappa shape index (κ1) is 9.14. The predicted molar refractivity (Wildman–Crippen MR) is 60.4 cm³/mol. The lowest BCUT2D eigenvalue weighted by Gasteiger charge is -2.32. The third-order valence-electron chi connectivity index (χ3n) is 4.00. The average molecular weight is 200 g/mol. The van der Waals surface area contributed by atoms with Gasteiger partial charge in [0.15, 0.2) is 0 Å². The molecule has 0 N–H and O–H groups in total. The van der Waals surface area contributed by atoms with Crippen LogP contribution in [-0.4, -0.2) is 6.29 Å². The Kier molecular flexibility index (Phi) is 2.12. The van der Waals surface area contributed by atoms with Crippen molar-refractivity contribution in [2.75, 3.05) is 0 Å². The first-order chi connectivity index (χ1) is 7.40. The first-order valence-electron chi connectivity index (χ1n) is 6.00. The van der Waals surface area contributed by atoms with Crippen LogP contribution in [0.15, 0.2) is 12.1 Å². The summed E-state index contributed by atoms with van der Waals surface area (Å²) < 4.78 is 0. The van der Waals surface area contributed by atoms with E-state index < -0.39 is 0 Å². The van der Waals surface area contributed by atoms with E-state index in [1.165, 1.54) is 43.2 Å². The summed E-state index contributed by atoms with van der Waals surface area (Å²) in [6.45, 7) is 0. The molecule has 0 saturated heterocycles. The second kappa shape index (κ2) is 3.48. The third kappa shape index (κ3) is 1.33. The standard InChI is InChI=1S/C14H16O/c15-9-12-8-7-11-4-1-3-10-5-2-6-13(12)14(10)11/h7-10H,1-6H2. The Morgan fingerprint density at radius 2 is 1.93 bits per heavy atom. The lowest BCUT2D eigenvalue weighted by atomic mass is 9.72. The topological polar surface area (TPSA) is 17.1 Å². The number of benzene rings is 1. The minimum atomic E-state index is 0.761. The van der Waals surface area contributed by atoms with Crippen molar-refractivity contribution < 1.29 is 4.79 Å². The summed E-state index contributed by atoms with van der Waals surface area (Å²) in [6.07, 6.45) is 8.64. The van der Waals surface area contributed by atoms with Crippen LogP contribution in [0.2, 0.25) is 0 Å². The van der Waals surface area contributed by atoms with E-state index in [0.717, 1.165) is 24.2 Å². The maximum absolute atomic E-state index is 11.0. The van der Waals surface area contributed by atoms with Gasteiger partial charge in [0.05, 0.1) is 0 Å². The van der Waals surface area contributed by atoms with Gasteiger partial charge < -0.3 is 0 Å². The summed E-state index contributed by atoms with van der Waals surface area (Å²) in [5.74, 6) is 0.761. The first-order valence-corrected chi connectivity index (χ1v) is 6.00. The van der Waals surface area contributed by atoms with Gasteiger partial charge in [0.2, 0.25) is 0 Å². The van der Waals surface area contributed by atoms with Crippen molar-refractivity contribution in [3.05, 3.63) is 34.4 Å². The molecule has 0 spiro atoms. The van der Waals surface area contributed by atoms with Crippen molar-refractivity contribution in [1.29, 1.82) is 0 Å². The third-order valence-corrected chi connectivity index (χ3v) is 4.00. The molecule has 0 aliphatic heterocycles. The lowest BCUT2D eigenvalue weighted by molar-refractivity contribution is 0.112. The molecule has 1 aromatic carbocycles. The molecular formula is C14H16O. The van der Waals surface area contributed by atoms with E-state index in [-0.39, 0.29) is 0 Å². The lowest BCUT2D eigenvalue weighted by Crippen LogP contribution is -2.18. The summed E-state index contributed by atoms with van der Waals surface area (Å²) in [5, 5.41) is 0. The molecule has 1 atom stereocenters. The van der Waals surface area contributed by atoms with Crippen molar-refractivity contribution in [3.8, 4) is 0 Å². The smallest absolute Gasteiger partial charge is 0.150 e. The largest absolute Gasteiger partial charge is 0.298 e. The van der Waals surface area contributed by atoms with E-state index >= 15 is 0 Å². The fourth-order valence-electron chi connectivity index (χ4n) is 3.34. The van der Waals surface area contributed by atoms with Crippen LogP contribution < -0.4 is 0 Å². The summed E-state index contributed by atoms with van der Waals surface area (Å²) in [7, 11) is 0. The van der Waals surface area contributed by atoms with Gasteiger partial charge in [-0.2, -0.15) is 0 Å². The van der Waals surface area contributed by atoms with E-state index in [0.29, 0.717) is 0 Å². The normalized spacial score (nSPS) is 23.3. The Morgan fingerprint density at radius 1 is 1.13 bits per heavy atom. The molecule has 1 aromatic rings. The summed E-state index contributed by atoms with van der Waals surface area (Å²) >= 11 is 0. The number of carbonyl (C=O) groups excluding carboxylic acids is 1. The van der Waals surface area contributed by atoms with Crippen LogP contribution in [0.1, 0.15) is 58.6 Å². The molecular weight excluding hydrogens is 184 g/mol. The van der Waals surface area contributed by atoms with Crippen molar-refractivity contribution in [3.63, 3.8) is 0 Å². The van der Waals surface area contributed by atoms with Crippen LogP contribution in [0.3, 0.4) is 0 Å². The summed E-state index contributed by atoms with van der Waals surface area (Å²) in [5.41, 5.74) is 5.39. The Bertz CT molecular complexity index is 404. The number of rotatable bonds is 1. The van der Waals surface area contributed by atoms with Gasteiger partial charge in [0.25, 0.3) is 0 Å². The fraction of sp³-hybridized carbons (Fsp3) is 0.500. The van der Waals surface area contributed by atoms with Crippen molar-refractivity contribution in [2.45, 2.75) is 44.4 Å². The van der Waals surface area contributed by atoms with Crippen LogP contribution in [-0.2, 0) is 12.8 Å². The molecule has 0 bridgehead atoms. The molecule has 0 amide bonds. The molecule has 2 aliphatic rings. The van der Waals surface area contributed by atoms with E-state index in [1.54, 1.807) is 5.56 Å². The minimum absolute atomic E-state index is 0.761. The molecule has 1 heteroatoms. The fourth-order valence-corrected chi connectivity index (χ4v) is 3.34. The highest BCUT2D eigenvalue weighted by Gasteiger charge is 2.27. The van der Waals surface area contributed by atoms with E-state index in [9.17, 15) is 4.79 Å². The predicted octanol–water partition coefficient (Wildman–Crippen LogP) is 3.26. The highest BCUT2D eigenvalue weighted by molar-refractivity contribution is 5.78. The quantitative estimate of drug-likeness (QED) is 0.636. The van der Waals surface area contributed by atoms with E-state index in [4.69, 9.17) is 0 Å². The van der Waals surface area contributed by atoms with Crippen molar-refractivity contribution in [2.24, 2.45) is 0 Å². The van der Waals surface area contributed by atoms with Crippen LogP contribution >= 0.6 is 0 Å². The molecule has 1 nitrogen and oxygen atoms in total. The number of carbonyl (C=O) groups is 1. The molecule has 0 heterocycles. The maximum atomic E-state index is 11.0. The number of aldehydes is 1. The molecule has 2 aliphatic carbocycles. The SMILES string of the molecule is O=Cc1ccc2c3c1CCCC3CCC2. The molecule has 1 unspecified atom stereocenters. The number of aryl methyl sites for hydroxylation is 1. The van der Waals surface area contributed by atoms with Gasteiger partial charge >= 0.3 is 0 Å². The Balaban J connectivity index is 2.22. The Labute approximate surface area is 90.5 Å². The van der Waals surface area contributed by atoms with Gasteiger partial charge in [-0.3, -0.25) is 4.79 Å². The maximum Gasteiger partial charge on any atom is 0.150 e. The van der Waals surface area contributed by atoms with Gasteiger partial charge in [-0.15, -0.1) is 0 Å². The van der Waals surface area contributed by atoms with Gasteiger partial charge in [-0.05, 0) is 61.1 Å². The zero-order valence-corrected chi connectivity index (χ0v) is 8.96. The molecule has 3 rings (SSSR count). The van der Waals surface area contributed by atoms with Crippen LogP contribution in [0.4, 0.5) is 0 Å². The van der Waals surface area contributed by atoms with Crippen LogP contribution in [0.25, 0.3) is 0 Å². The number of hydrogen-bond donors (Lipinski definition) is 0. The molecule has 0 aromatic heterocycles. The van der Waals surface area contributed by atoms with E-state index in [1.807, 2.05) is 6.07 Å².